The molecule has 140 valence electrons. The van der Waals surface area contributed by atoms with Crippen LogP contribution in [0.2, 0.25) is 0 Å². The van der Waals surface area contributed by atoms with Gasteiger partial charge in [0.05, 0.1) is 12.6 Å². The Hall–Kier alpha value is -2.49. The quantitative estimate of drug-likeness (QED) is 0.744. The monoisotopic (exact) mass is 355 g/mol. The second-order valence-electron chi connectivity index (χ2n) is 6.49. The Morgan fingerprint density at radius 1 is 1.00 bits per heavy atom. The van der Waals surface area contributed by atoms with Gasteiger partial charge in [0.2, 0.25) is 0 Å². The highest BCUT2D eigenvalue weighted by atomic mass is 16.5. The zero-order valence-electron chi connectivity index (χ0n) is 16.3. The second kappa shape index (κ2) is 9.27. The minimum Gasteiger partial charge on any atom is -0.494 e. The summed E-state index contributed by atoms with van der Waals surface area (Å²) in [6.45, 7) is 10.6. The number of nitrogens with one attached hydrogen (secondary N) is 1. The van der Waals surface area contributed by atoms with Crippen LogP contribution in [0.4, 0.5) is 0 Å². The van der Waals surface area contributed by atoms with Crippen molar-refractivity contribution in [1.82, 2.24) is 5.32 Å². The predicted molar refractivity (Wildman–Crippen MR) is 105 cm³/mol. The lowest BCUT2D eigenvalue weighted by Crippen LogP contribution is -2.39. The first-order valence-electron chi connectivity index (χ1n) is 9.21. The first kappa shape index (κ1) is 19.8. The van der Waals surface area contributed by atoms with Crippen molar-refractivity contribution in [3.05, 3.63) is 59.2 Å². The number of carbonyl (C=O) groups excluding carboxylic acids is 1. The second-order valence-corrected chi connectivity index (χ2v) is 6.49. The van der Waals surface area contributed by atoms with E-state index in [-0.39, 0.29) is 11.9 Å². The Balaban J connectivity index is 1.99. The molecule has 4 heteroatoms. The Kier molecular flexibility index (Phi) is 7.07. The van der Waals surface area contributed by atoms with Gasteiger partial charge in [0, 0.05) is 0 Å². The van der Waals surface area contributed by atoms with E-state index >= 15 is 0 Å². The summed E-state index contributed by atoms with van der Waals surface area (Å²) in [5.41, 5.74) is 3.39. The van der Waals surface area contributed by atoms with E-state index in [9.17, 15) is 4.79 Å². The van der Waals surface area contributed by atoms with Crippen LogP contribution in [0.1, 0.15) is 49.9 Å². The lowest BCUT2D eigenvalue weighted by atomic mass is 10.1. The number of rotatable bonds is 8. The van der Waals surface area contributed by atoms with Crippen molar-refractivity contribution in [2.24, 2.45) is 0 Å². The fraction of sp³-hybridized carbons (Fsp3) is 0.409. The van der Waals surface area contributed by atoms with Crippen LogP contribution in [0.15, 0.2) is 42.5 Å². The van der Waals surface area contributed by atoms with Gasteiger partial charge in [-0.15, -0.1) is 0 Å². The number of benzene rings is 2. The molecule has 4 nitrogen and oxygen atoms in total. The molecular weight excluding hydrogens is 326 g/mol. The number of hydrogen-bond donors (Lipinski definition) is 1. The number of amides is 1. The van der Waals surface area contributed by atoms with Gasteiger partial charge in [0.1, 0.15) is 11.5 Å². The van der Waals surface area contributed by atoms with E-state index in [1.54, 1.807) is 0 Å². The lowest BCUT2D eigenvalue weighted by Gasteiger charge is -2.21. The van der Waals surface area contributed by atoms with Crippen LogP contribution in [0, 0.1) is 13.8 Å². The zero-order valence-corrected chi connectivity index (χ0v) is 16.3. The molecule has 0 saturated carbocycles. The molecule has 2 rings (SSSR count). The fourth-order valence-corrected chi connectivity index (χ4v) is 2.68. The van der Waals surface area contributed by atoms with Gasteiger partial charge in [-0.3, -0.25) is 4.79 Å². The molecule has 0 saturated heterocycles. The standard InChI is InChI=1S/C22H29NO3/c1-6-21(26-20-11-8-15(3)16(4)14-20)22(24)23-17(5)18-9-12-19(13-10-18)25-7-2/h8-14,17,21H,6-7H2,1-5H3,(H,23,24)/t17-,21-/m0/s1. The lowest BCUT2D eigenvalue weighted by molar-refractivity contribution is -0.128. The maximum Gasteiger partial charge on any atom is 0.261 e. The highest BCUT2D eigenvalue weighted by Gasteiger charge is 2.21. The van der Waals surface area contributed by atoms with Gasteiger partial charge < -0.3 is 14.8 Å². The van der Waals surface area contributed by atoms with Gasteiger partial charge in [0.25, 0.3) is 5.91 Å². The highest BCUT2D eigenvalue weighted by Crippen LogP contribution is 2.20. The van der Waals surface area contributed by atoms with Gasteiger partial charge in [0.15, 0.2) is 6.10 Å². The van der Waals surface area contributed by atoms with Crippen LogP contribution in [0.25, 0.3) is 0 Å². The number of carbonyl (C=O) groups is 1. The van der Waals surface area contributed by atoms with Gasteiger partial charge >= 0.3 is 0 Å². The van der Waals surface area contributed by atoms with E-state index in [2.05, 4.69) is 12.2 Å². The first-order valence-corrected chi connectivity index (χ1v) is 9.21. The molecule has 0 unspecified atom stereocenters. The average molecular weight is 355 g/mol. The molecule has 2 atom stereocenters. The Bertz CT molecular complexity index is 725. The molecular formula is C22H29NO3. The molecule has 0 fully saturated rings. The number of hydrogen-bond acceptors (Lipinski definition) is 3. The molecule has 2 aromatic carbocycles. The van der Waals surface area contributed by atoms with E-state index < -0.39 is 6.10 Å². The van der Waals surface area contributed by atoms with Crippen molar-refractivity contribution < 1.29 is 14.3 Å². The number of aryl methyl sites for hydroxylation is 2. The Morgan fingerprint density at radius 2 is 1.65 bits per heavy atom. The minimum absolute atomic E-state index is 0.101. The molecule has 0 aliphatic carbocycles. The SMILES string of the molecule is CCOc1ccc([C@H](C)NC(=O)[C@H](CC)Oc2ccc(C)c(C)c2)cc1. The van der Waals surface area contributed by atoms with Crippen molar-refractivity contribution in [3.63, 3.8) is 0 Å². The van der Waals surface area contributed by atoms with Gasteiger partial charge in [-0.25, -0.2) is 0 Å². The summed E-state index contributed by atoms with van der Waals surface area (Å²) >= 11 is 0. The maximum atomic E-state index is 12.6. The van der Waals surface area contributed by atoms with Crippen LogP contribution >= 0.6 is 0 Å². The third kappa shape index (κ3) is 5.25. The Labute approximate surface area is 156 Å². The third-order valence-electron chi connectivity index (χ3n) is 4.47. The molecule has 0 bridgehead atoms. The Morgan fingerprint density at radius 3 is 2.23 bits per heavy atom. The van der Waals surface area contributed by atoms with Crippen molar-refractivity contribution in [2.75, 3.05) is 6.61 Å². The summed E-state index contributed by atoms with van der Waals surface area (Å²) in [5.74, 6) is 1.45. The first-order chi connectivity index (χ1) is 12.4. The molecule has 0 aromatic heterocycles. The van der Waals surface area contributed by atoms with Gasteiger partial charge in [-0.2, -0.15) is 0 Å². The minimum atomic E-state index is -0.512. The molecule has 2 aromatic rings. The van der Waals surface area contributed by atoms with Crippen molar-refractivity contribution in [1.29, 1.82) is 0 Å². The molecule has 0 radical (unpaired) electrons. The van der Waals surface area contributed by atoms with Crippen LogP contribution in [0.5, 0.6) is 11.5 Å². The normalized spacial score (nSPS) is 13.0. The van der Waals surface area contributed by atoms with Gasteiger partial charge in [-0.1, -0.05) is 25.1 Å². The van der Waals surface area contributed by atoms with Crippen LogP contribution in [-0.4, -0.2) is 18.6 Å². The van der Waals surface area contributed by atoms with Crippen LogP contribution in [-0.2, 0) is 4.79 Å². The summed E-state index contributed by atoms with van der Waals surface area (Å²) in [5, 5.41) is 3.04. The molecule has 0 aliphatic heterocycles. The molecule has 0 aliphatic rings. The fourth-order valence-electron chi connectivity index (χ4n) is 2.68. The van der Waals surface area contributed by atoms with E-state index in [4.69, 9.17) is 9.47 Å². The summed E-state index contributed by atoms with van der Waals surface area (Å²) in [6, 6.07) is 13.6. The summed E-state index contributed by atoms with van der Waals surface area (Å²) in [6.07, 6.45) is 0.0941. The van der Waals surface area contributed by atoms with E-state index in [0.29, 0.717) is 13.0 Å². The third-order valence-corrected chi connectivity index (χ3v) is 4.47. The highest BCUT2D eigenvalue weighted by molar-refractivity contribution is 5.81. The summed E-state index contributed by atoms with van der Waals surface area (Å²) in [7, 11) is 0. The molecule has 0 spiro atoms. The maximum absolute atomic E-state index is 12.6. The predicted octanol–water partition coefficient (Wildman–Crippen LogP) is 4.74. The molecule has 1 amide bonds. The van der Waals surface area contributed by atoms with Crippen LogP contribution in [0.3, 0.4) is 0 Å². The molecule has 1 N–H and O–H groups in total. The van der Waals surface area contributed by atoms with Crippen molar-refractivity contribution in [3.8, 4) is 11.5 Å². The van der Waals surface area contributed by atoms with E-state index in [1.165, 1.54) is 5.56 Å². The smallest absolute Gasteiger partial charge is 0.261 e. The molecule has 26 heavy (non-hydrogen) atoms. The topological polar surface area (TPSA) is 47.6 Å². The van der Waals surface area contributed by atoms with Gasteiger partial charge in [-0.05, 0) is 75.1 Å². The largest absolute Gasteiger partial charge is 0.494 e. The zero-order chi connectivity index (χ0) is 19.1. The van der Waals surface area contributed by atoms with Crippen molar-refractivity contribution in [2.45, 2.75) is 53.2 Å². The van der Waals surface area contributed by atoms with Crippen LogP contribution < -0.4 is 14.8 Å². The van der Waals surface area contributed by atoms with E-state index in [1.807, 2.05) is 70.2 Å². The average Bonchev–Trinajstić information content (AvgIpc) is 2.63. The van der Waals surface area contributed by atoms with Crippen molar-refractivity contribution >= 4 is 5.91 Å². The number of ether oxygens (including phenoxy) is 2. The molecule has 0 heterocycles. The summed E-state index contributed by atoms with van der Waals surface area (Å²) < 4.78 is 11.4. The van der Waals surface area contributed by atoms with E-state index in [0.717, 1.165) is 22.6 Å². The summed E-state index contributed by atoms with van der Waals surface area (Å²) in [4.78, 5) is 12.6.